The average molecular weight is 310 g/mol. The molecule has 0 unspecified atom stereocenters. The van der Waals surface area contributed by atoms with E-state index in [2.05, 4.69) is 5.32 Å². The van der Waals surface area contributed by atoms with Crippen molar-refractivity contribution in [3.8, 4) is 0 Å². The summed E-state index contributed by atoms with van der Waals surface area (Å²) in [6, 6.07) is 8.40. The molecule has 104 valence electrons. The molecule has 0 saturated heterocycles. The monoisotopic (exact) mass is 309 g/mol. The van der Waals surface area contributed by atoms with Crippen molar-refractivity contribution < 1.29 is 14.3 Å². The minimum absolute atomic E-state index is 0.343. The van der Waals surface area contributed by atoms with Gasteiger partial charge in [0.25, 0.3) is 5.91 Å². The third-order valence-corrected chi connectivity index (χ3v) is 3.90. The molecule has 0 radical (unpaired) electrons. The van der Waals surface area contributed by atoms with Gasteiger partial charge >= 0.3 is 5.97 Å². The fourth-order valence-corrected chi connectivity index (χ4v) is 2.80. The Labute approximate surface area is 125 Å². The molecule has 0 aliphatic heterocycles. The Morgan fingerprint density at radius 2 is 1.95 bits per heavy atom. The average Bonchev–Trinajstić information content (AvgIpc) is 2.79. The van der Waals surface area contributed by atoms with E-state index >= 15 is 0 Å². The van der Waals surface area contributed by atoms with Crippen LogP contribution >= 0.6 is 22.9 Å². The van der Waals surface area contributed by atoms with Crippen LogP contribution < -0.4 is 5.32 Å². The number of anilines is 1. The maximum absolute atomic E-state index is 12.2. The Balaban J connectivity index is 2.29. The summed E-state index contributed by atoms with van der Waals surface area (Å²) >= 11 is 7.28. The van der Waals surface area contributed by atoms with Gasteiger partial charge in [0, 0.05) is 4.88 Å². The van der Waals surface area contributed by atoms with E-state index in [1.165, 1.54) is 18.4 Å². The summed E-state index contributed by atoms with van der Waals surface area (Å²) in [4.78, 5) is 24.7. The van der Waals surface area contributed by atoms with Crippen molar-refractivity contribution in [3.63, 3.8) is 0 Å². The fraction of sp³-hybridized carbons (Fsp3) is 0.143. The number of amides is 1. The quantitative estimate of drug-likeness (QED) is 0.879. The minimum Gasteiger partial charge on any atom is -0.465 e. The van der Waals surface area contributed by atoms with Gasteiger partial charge in [-0.1, -0.05) is 23.7 Å². The Morgan fingerprint density at radius 3 is 2.60 bits per heavy atom. The smallest absolute Gasteiger partial charge is 0.340 e. The molecule has 4 nitrogen and oxygen atoms in total. The van der Waals surface area contributed by atoms with Crippen molar-refractivity contribution in [2.24, 2.45) is 0 Å². The van der Waals surface area contributed by atoms with Crippen LogP contribution in [0.25, 0.3) is 0 Å². The third kappa shape index (κ3) is 3.00. The Morgan fingerprint density at radius 1 is 1.25 bits per heavy atom. The van der Waals surface area contributed by atoms with Crippen LogP contribution in [0, 0.1) is 6.92 Å². The molecule has 1 aromatic heterocycles. The SMILES string of the molecule is COC(=O)c1cc(C)sc1NC(=O)c1ccccc1Cl. The molecule has 0 saturated carbocycles. The summed E-state index contributed by atoms with van der Waals surface area (Å²) in [7, 11) is 1.30. The predicted molar refractivity (Wildman–Crippen MR) is 79.8 cm³/mol. The van der Waals surface area contributed by atoms with Crippen LogP contribution in [0.5, 0.6) is 0 Å². The summed E-state index contributed by atoms with van der Waals surface area (Å²) in [6.07, 6.45) is 0. The summed E-state index contributed by atoms with van der Waals surface area (Å²) in [5.74, 6) is -0.841. The van der Waals surface area contributed by atoms with Crippen LogP contribution in [-0.4, -0.2) is 19.0 Å². The zero-order chi connectivity index (χ0) is 14.7. The minimum atomic E-state index is -0.483. The third-order valence-electron chi connectivity index (χ3n) is 2.61. The van der Waals surface area contributed by atoms with Gasteiger partial charge in [-0.15, -0.1) is 11.3 Å². The number of carbonyl (C=O) groups is 2. The van der Waals surface area contributed by atoms with Crippen molar-refractivity contribution in [1.29, 1.82) is 0 Å². The number of methoxy groups -OCH3 is 1. The van der Waals surface area contributed by atoms with E-state index in [0.717, 1.165) is 4.88 Å². The lowest BCUT2D eigenvalue weighted by atomic mass is 10.2. The standard InChI is InChI=1S/C14H12ClNO3S/c1-8-7-10(14(18)19-2)13(20-8)16-12(17)9-5-3-4-6-11(9)15/h3-7H,1-2H3,(H,16,17). The fourth-order valence-electron chi connectivity index (χ4n) is 1.68. The highest BCUT2D eigenvalue weighted by molar-refractivity contribution is 7.16. The number of carbonyl (C=O) groups excluding carboxylic acids is 2. The first-order valence-electron chi connectivity index (χ1n) is 5.77. The topological polar surface area (TPSA) is 55.4 Å². The number of thiophene rings is 1. The number of nitrogens with one attached hydrogen (secondary N) is 1. The van der Waals surface area contributed by atoms with Crippen LogP contribution in [0.3, 0.4) is 0 Å². The first kappa shape index (κ1) is 14.6. The van der Waals surface area contributed by atoms with Gasteiger partial charge in [0.1, 0.15) is 5.00 Å². The highest BCUT2D eigenvalue weighted by atomic mass is 35.5. The second kappa shape index (κ2) is 6.07. The molecule has 1 N–H and O–H groups in total. The lowest BCUT2D eigenvalue weighted by molar-refractivity contribution is 0.0602. The van der Waals surface area contributed by atoms with Gasteiger partial charge in [-0.05, 0) is 25.1 Å². The summed E-state index contributed by atoms with van der Waals surface area (Å²) in [6.45, 7) is 1.85. The maximum atomic E-state index is 12.2. The van der Waals surface area contributed by atoms with Crippen molar-refractivity contribution >= 4 is 39.8 Å². The number of hydrogen-bond donors (Lipinski definition) is 1. The molecule has 0 aliphatic carbocycles. The second-order valence-corrected chi connectivity index (χ2v) is 5.69. The largest absolute Gasteiger partial charge is 0.465 e. The number of rotatable bonds is 3. The van der Waals surface area contributed by atoms with Crippen molar-refractivity contribution in [1.82, 2.24) is 0 Å². The molecule has 0 bridgehead atoms. The zero-order valence-electron chi connectivity index (χ0n) is 10.9. The van der Waals surface area contributed by atoms with E-state index in [9.17, 15) is 9.59 Å². The Kier molecular flexibility index (Phi) is 4.42. The maximum Gasteiger partial charge on any atom is 0.340 e. The Hall–Kier alpha value is -1.85. The molecule has 1 amide bonds. The summed E-state index contributed by atoms with van der Waals surface area (Å²) < 4.78 is 4.69. The van der Waals surface area contributed by atoms with Gasteiger partial charge < -0.3 is 10.1 Å². The van der Waals surface area contributed by atoms with E-state index in [1.807, 2.05) is 6.92 Å². The highest BCUT2D eigenvalue weighted by Gasteiger charge is 2.18. The van der Waals surface area contributed by atoms with Crippen molar-refractivity contribution in [2.45, 2.75) is 6.92 Å². The van der Waals surface area contributed by atoms with Gasteiger partial charge in [0.15, 0.2) is 0 Å². The lowest BCUT2D eigenvalue weighted by Crippen LogP contribution is -2.14. The number of hydrogen-bond acceptors (Lipinski definition) is 4. The van der Waals surface area contributed by atoms with Gasteiger partial charge in [0.05, 0.1) is 23.3 Å². The van der Waals surface area contributed by atoms with Crippen LogP contribution in [0.1, 0.15) is 25.6 Å². The lowest BCUT2D eigenvalue weighted by Gasteiger charge is -2.06. The number of aryl methyl sites for hydroxylation is 1. The molecule has 0 aliphatic rings. The molecular weight excluding hydrogens is 298 g/mol. The predicted octanol–water partition coefficient (Wildman–Crippen LogP) is 3.75. The molecule has 2 aromatic rings. The molecule has 0 fully saturated rings. The van der Waals surface area contributed by atoms with Crippen molar-refractivity contribution in [2.75, 3.05) is 12.4 Å². The van der Waals surface area contributed by atoms with E-state index in [4.69, 9.17) is 16.3 Å². The van der Waals surface area contributed by atoms with Gasteiger partial charge in [-0.3, -0.25) is 4.79 Å². The number of ether oxygens (including phenoxy) is 1. The molecule has 1 aromatic carbocycles. The second-order valence-electron chi connectivity index (χ2n) is 4.03. The number of esters is 1. The van der Waals surface area contributed by atoms with E-state index < -0.39 is 5.97 Å². The van der Waals surface area contributed by atoms with Crippen molar-refractivity contribution in [3.05, 3.63) is 51.4 Å². The van der Waals surface area contributed by atoms with Crippen LogP contribution in [0.4, 0.5) is 5.00 Å². The van der Waals surface area contributed by atoms with Crippen LogP contribution in [0.2, 0.25) is 5.02 Å². The number of halogens is 1. The normalized spacial score (nSPS) is 10.2. The van der Waals surface area contributed by atoms with E-state index in [-0.39, 0.29) is 5.91 Å². The first-order valence-corrected chi connectivity index (χ1v) is 6.97. The highest BCUT2D eigenvalue weighted by Crippen LogP contribution is 2.29. The number of benzene rings is 1. The van der Waals surface area contributed by atoms with Gasteiger partial charge in [-0.25, -0.2) is 4.79 Å². The van der Waals surface area contributed by atoms with Gasteiger partial charge in [-0.2, -0.15) is 0 Å². The van der Waals surface area contributed by atoms with Crippen LogP contribution in [0.15, 0.2) is 30.3 Å². The first-order chi connectivity index (χ1) is 9.52. The molecule has 6 heteroatoms. The molecule has 0 atom stereocenters. The molecule has 1 heterocycles. The van der Waals surface area contributed by atoms with Gasteiger partial charge in [0.2, 0.25) is 0 Å². The molecular formula is C14H12ClNO3S. The van der Waals surface area contributed by atoms with Crippen LogP contribution in [-0.2, 0) is 4.74 Å². The zero-order valence-corrected chi connectivity index (χ0v) is 12.5. The summed E-state index contributed by atoms with van der Waals surface area (Å²) in [5.41, 5.74) is 0.700. The molecule has 0 spiro atoms. The molecule has 2 rings (SSSR count). The Bertz CT molecular complexity index is 666. The summed E-state index contributed by atoms with van der Waals surface area (Å²) in [5, 5.41) is 3.51. The van der Waals surface area contributed by atoms with E-state index in [0.29, 0.717) is 21.2 Å². The van der Waals surface area contributed by atoms with E-state index in [1.54, 1.807) is 30.3 Å². The molecule has 20 heavy (non-hydrogen) atoms.